The van der Waals surface area contributed by atoms with E-state index in [4.69, 9.17) is 5.73 Å². The molecule has 4 nitrogen and oxygen atoms in total. The number of carbonyl (C=O) groups is 1. The quantitative estimate of drug-likeness (QED) is 0.580. The van der Waals surface area contributed by atoms with Gasteiger partial charge in [-0.05, 0) is 61.3 Å². The van der Waals surface area contributed by atoms with Crippen LogP contribution in [0.1, 0.15) is 48.6 Å². The first kappa shape index (κ1) is 21.7. The van der Waals surface area contributed by atoms with Crippen molar-refractivity contribution in [1.82, 2.24) is 0 Å². The monoisotopic (exact) mass is 449 g/mol. The number of anilines is 1. The molecule has 2 heterocycles. The van der Waals surface area contributed by atoms with Crippen LogP contribution < -0.4 is 10.6 Å². The van der Waals surface area contributed by atoms with Crippen LogP contribution in [0.25, 0.3) is 0 Å². The molecule has 1 aromatic heterocycles. The number of allylic oxidation sites excluding steroid dienone is 3. The molecule has 4 rings (SSSR count). The number of nitrogens with zero attached hydrogens (tertiary/aromatic N) is 2. The highest BCUT2D eigenvalue weighted by Crippen LogP contribution is 2.52. The van der Waals surface area contributed by atoms with Gasteiger partial charge in [-0.25, -0.2) is 0 Å². The standard InChI is InChI=1S/C25H27N3OS2/c1-14-7-6-8-16(9-14)28-19-11-25(3,4)12-20(29)22(19)21(18(13-26)23(28)27)17-10-15(2)31-24(17)30-5/h6-10,21H,11-12,27H2,1-5H3/t21-/m1/s1. The molecule has 1 aromatic carbocycles. The third kappa shape index (κ3) is 3.71. The average molecular weight is 450 g/mol. The van der Waals surface area contributed by atoms with Crippen molar-refractivity contribution >= 4 is 34.6 Å². The maximum absolute atomic E-state index is 13.6. The molecule has 1 atom stereocenters. The molecule has 160 valence electrons. The Labute approximate surface area is 192 Å². The zero-order valence-electron chi connectivity index (χ0n) is 18.6. The van der Waals surface area contributed by atoms with Crippen molar-refractivity contribution in [3.63, 3.8) is 0 Å². The van der Waals surface area contributed by atoms with Gasteiger partial charge in [-0.2, -0.15) is 5.26 Å². The lowest BCUT2D eigenvalue weighted by molar-refractivity contribution is -0.118. The maximum Gasteiger partial charge on any atom is 0.162 e. The van der Waals surface area contributed by atoms with Crippen LogP contribution in [0.15, 0.2) is 57.2 Å². The Kier molecular flexibility index (Phi) is 5.53. The van der Waals surface area contributed by atoms with Gasteiger partial charge >= 0.3 is 0 Å². The van der Waals surface area contributed by atoms with E-state index in [0.29, 0.717) is 17.8 Å². The van der Waals surface area contributed by atoms with Gasteiger partial charge in [0.25, 0.3) is 0 Å². The second-order valence-corrected chi connectivity index (χ2v) is 11.5. The summed E-state index contributed by atoms with van der Waals surface area (Å²) in [5.41, 5.74) is 11.7. The van der Waals surface area contributed by atoms with Crippen LogP contribution in [0.5, 0.6) is 0 Å². The van der Waals surface area contributed by atoms with Gasteiger partial charge in [-0.15, -0.1) is 23.1 Å². The van der Waals surface area contributed by atoms with Crippen molar-refractivity contribution in [2.24, 2.45) is 11.1 Å². The molecule has 1 aliphatic heterocycles. The average Bonchev–Trinajstić information content (AvgIpc) is 3.06. The van der Waals surface area contributed by atoms with E-state index < -0.39 is 5.92 Å². The third-order valence-electron chi connectivity index (χ3n) is 5.99. The summed E-state index contributed by atoms with van der Waals surface area (Å²) in [6.07, 6.45) is 3.24. The second kappa shape index (κ2) is 7.89. The fourth-order valence-corrected chi connectivity index (χ4v) is 6.67. The number of hydrogen-bond acceptors (Lipinski definition) is 6. The summed E-state index contributed by atoms with van der Waals surface area (Å²) in [5, 5.41) is 10.2. The Morgan fingerprint density at radius 1 is 1.26 bits per heavy atom. The van der Waals surface area contributed by atoms with Gasteiger partial charge < -0.3 is 5.73 Å². The largest absolute Gasteiger partial charge is 0.384 e. The fourth-order valence-electron chi connectivity index (χ4n) is 4.76. The zero-order valence-corrected chi connectivity index (χ0v) is 20.2. The number of nitrogens with two attached hydrogens (primary N) is 1. The Bertz CT molecular complexity index is 1180. The highest BCUT2D eigenvalue weighted by atomic mass is 32.2. The lowest BCUT2D eigenvalue weighted by Gasteiger charge is -2.43. The molecule has 0 unspecified atom stereocenters. The predicted molar refractivity (Wildman–Crippen MR) is 129 cm³/mol. The fraction of sp³-hybridized carbons (Fsp3) is 0.360. The van der Waals surface area contributed by atoms with Crippen LogP contribution in [0.4, 0.5) is 5.69 Å². The van der Waals surface area contributed by atoms with Crippen LogP contribution >= 0.6 is 23.1 Å². The van der Waals surface area contributed by atoms with E-state index in [1.165, 1.54) is 4.88 Å². The molecule has 0 fully saturated rings. The van der Waals surface area contributed by atoms with E-state index in [2.05, 4.69) is 39.0 Å². The Morgan fingerprint density at radius 3 is 2.65 bits per heavy atom. The smallest absolute Gasteiger partial charge is 0.162 e. The molecule has 0 radical (unpaired) electrons. The summed E-state index contributed by atoms with van der Waals surface area (Å²) >= 11 is 3.37. The molecule has 2 aromatic rings. The first-order valence-corrected chi connectivity index (χ1v) is 12.4. The van der Waals surface area contributed by atoms with Crippen LogP contribution in [0, 0.1) is 30.6 Å². The van der Waals surface area contributed by atoms with E-state index in [1.807, 2.05) is 36.3 Å². The molecule has 0 amide bonds. The van der Waals surface area contributed by atoms with Crippen LogP contribution in [0.2, 0.25) is 0 Å². The molecule has 0 saturated carbocycles. The van der Waals surface area contributed by atoms with E-state index >= 15 is 0 Å². The molecule has 31 heavy (non-hydrogen) atoms. The zero-order chi connectivity index (χ0) is 22.5. The van der Waals surface area contributed by atoms with E-state index in [1.54, 1.807) is 23.1 Å². The van der Waals surface area contributed by atoms with Crippen LogP contribution in [-0.2, 0) is 4.79 Å². The Morgan fingerprint density at radius 2 is 2.00 bits per heavy atom. The minimum Gasteiger partial charge on any atom is -0.384 e. The van der Waals surface area contributed by atoms with Gasteiger partial charge in [0.1, 0.15) is 5.82 Å². The molecule has 2 aliphatic rings. The Hall–Kier alpha value is -2.49. The molecular weight excluding hydrogens is 422 g/mol. The number of Topliss-reactive ketones (excluding diaryl/α,β-unsaturated/α-hetero) is 1. The highest BCUT2D eigenvalue weighted by Gasteiger charge is 2.45. The van der Waals surface area contributed by atoms with Crippen LogP contribution in [0.3, 0.4) is 0 Å². The first-order chi connectivity index (χ1) is 14.7. The third-order valence-corrected chi connectivity index (χ3v) is 8.20. The van der Waals surface area contributed by atoms with Gasteiger partial charge in [0.15, 0.2) is 5.78 Å². The van der Waals surface area contributed by atoms with Gasteiger partial charge in [-0.3, -0.25) is 9.69 Å². The number of ketones is 1. The highest BCUT2D eigenvalue weighted by molar-refractivity contribution is 8.00. The molecular formula is C25H27N3OS2. The number of nitriles is 1. The van der Waals surface area contributed by atoms with Crippen molar-refractivity contribution in [3.8, 4) is 6.07 Å². The molecule has 0 spiro atoms. The van der Waals surface area contributed by atoms with Crippen molar-refractivity contribution in [3.05, 3.63) is 69.0 Å². The number of rotatable bonds is 3. The lowest BCUT2D eigenvalue weighted by atomic mass is 9.69. The molecule has 6 heteroatoms. The van der Waals surface area contributed by atoms with Crippen molar-refractivity contribution in [1.29, 1.82) is 5.26 Å². The van der Waals surface area contributed by atoms with E-state index in [9.17, 15) is 10.1 Å². The number of carbonyl (C=O) groups excluding carboxylic acids is 1. The first-order valence-electron chi connectivity index (χ1n) is 10.3. The number of benzene rings is 1. The Balaban J connectivity index is 2.03. The SMILES string of the molecule is CSc1sc(C)cc1[C@@H]1C(C#N)=C(N)N(c2cccc(C)c2)C2=C1C(=O)CC(C)(C)C2. The number of thiophene rings is 1. The summed E-state index contributed by atoms with van der Waals surface area (Å²) in [5.74, 6) is 0.139. The van der Waals surface area contributed by atoms with Crippen molar-refractivity contribution in [2.45, 2.75) is 50.7 Å². The second-order valence-electron chi connectivity index (χ2n) is 9.12. The number of thioether (sulfide) groups is 1. The van der Waals surface area contributed by atoms with Gasteiger partial charge in [-0.1, -0.05) is 26.0 Å². The summed E-state index contributed by atoms with van der Waals surface area (Å²) in [4.78, 5) is 16.7. The summed E-state index contributed by atoms with van der Waals surface area (Å²) in [6, 6.07) is 12.6. The molecule has 0 bridgehead atoms. The summed E-state index contributed by atoms with van der Waals surface area (Å²) in [7, 11) is 0. The number of aryl methyl sites for hydroxylation is 2. The predicted octanol–water partition coefficient (Wildman–Crippen LogP) is 6.03. The minimum atomic E-state index is -0.406. The lowest BCUT2D eigenvalue weighted by Crippen LogP contribution is -2.42. The molecule has 1 aliphatic carbocycles. The topological polar surface area (TPSA) is 70.1 Å². The summed E-state index contributed by atoms with van der Waals surface area (Å²) < 4.78 is 1.14. The van der Waals surface area contributed by atoms with Crippen LogP contribution in [-0.4, -0.2) is 12.0 Å². The summed E-state index contributed by atoms with van der Waals surface area (Å²) in [6.45, 7) is 8.35. The van der Waals surface area contributed by atoms with Crippen molar-refractivity contribution < 1.29 is 4.79 Å². The van der Waals surface area contributed by atoms with Gasteiger partial charge in [0, 0.05) is 28.3 Å². The maximum atomic E-state index is 13.6. The molecule has 2 N–H and O–H groups in total. The van der Waals surface area contributed by atoms with Crippen molar-refractivity contribution in [2.75, 3.05) is 11.2 Å². The molecule has 0 saturated heterocycles. The van der Waals surface area contributed by atoms with E-state index in [-0.39, 0.29) is 11.2 Å². The van der Waals surface area contributed by atoms with Gasteiger partial charge in [0.05, 0.1) is 21.8 Å². The van der Waals surface area contributed by atoms with E-state index in [0.717, 1.165) is 38.7 Å². The minimum absolute atomic E-state index is 0.116. The normalized spacial score (nSPS) is 20.7. The van der Waals surface area contributed by atoms with Gasteiger partial charge in [0.2, 0.25) is 0 Å². The number of hydrogen-bond donors (Lipinski definition) is 1.